The van der Waals surface area contributed by atoms with Gasteiger partial charge in [0.2, 0.25) is 0 Å². The van der Waals surface area contributed by atoms with Gasteiger partial charge in [0.1, 0.15) is 0 Å². The lowest BCUT2D eigenvalue weighted by Crippen LogP contribution is -2.33. The summed E-state index contributed by atoms with van der Waals surface area (Å²) in [4.78, 5) is 12.2. The van der Waals surface area contributed by atoms with Crippen molar-refractivity contribution in [3.05, 3.63) is 33.8 Å². The van der Waals surface area contributed by atoms with Gasteiger partial charge in [-0.15, -0.1) is 0 Å². The van der Waals surface area contributed by atoms with Gasteiger partial charge in [-0.25, -0.2) is 0 Å². The number of benzene rings is 1. The Balaban J connectivity index is 2.74. The fraction of sp³-hybridized carbons (Fsp3) is 0.273. The zero-order chi connectivity index (χ0) is 13.0. The second-order valence-electron chi connectivity index (χ2n) is 3.61. The predicted molar refractivity (Wildman–Crippen MR) is 74.7 cm³/mol. The number of hydrogen-bond donors (Lipinski definition) is 2. The molecule has 0 aliphatic rings. The summed E-state index contributed by atoms with van der Waals surface area (Å²) in [5.74, 6) is -0.404. The highest BCUT2D eigenvalue weighted by atomic mass is 35.5. The number of thiocarbonyl (C=S) groups is 1. The Kier molecular flexibility index (Phi) is 5.18. The Hall–Kier alpha value is -0.840. The van der Waals surface area contributed by atoms with Crippen LogP contribution in [0.1, 0.15) is 17.3 Å². The van der Waals surface area contributed by atoms with Crippen molar-refractivity contribution in [3.8, 4) is 0 Å². The maximum Gasteiger partial charge on any atom is 0.254 e. The summed E-state index contributed by atoms with van der Waals surface area (Å²) in [6.45, 7) is 2.19. The number of halogens is 2. The third-order valence-corrected chi connectivity index (χ3v) is 3.28. The second-order valence-corrected chi connectivity index (χ2v) is 4.90. The fourth-order valence-corrected chi connectivity index (χ4v) is 1.80. The van der Waals surface area contributed by atoms with Gasteiger partial charge in [-0.1, -0.05) is 48.4 Å². The van der Waals surface area contributed by atoms with E-state index >= 15 is 0 Å². The summed E-state index contributed by atoms with van der Waals surface area (Å²) in [7, 11) is 0. The minimum absolute atomic E-state index is 0.0739. The zero-order valence-corrected chi connectivity index (χ0v) is 11.5. The third kappa shape index (κ3) is 3.84. The molecular weight excluding hydrogens is 279 g/mol. The van der Waals surface area contributed by atoms with Crippen molar-refractivity contribution >= 4 is 46.3 Å². The van der Waals surface area contributed by atoms with Gasteiger partial charge in [0.15, 0.2) is 0 Å². The van der Waals surface area contributed by atoms with Crippen LogP contribution < -0.4 is 11.1 Å². The topological polar surface area (TPSA) is 55.1 Å². The molecule has 0 bridgehead atoms. The number of nitrogens with one attached hydrogen (secondary N) is 1. The smallest absolute Gasteiger partial charge is 0.254 e. The fourth-order valence-electron chi connectivity index (χ4n) is 1.15. The van der Waals surface area contributed by atoms with E-state index in [9.17, 15) is 4.79 Å². The number of carbonyl (C=O) groups is 1. The van der Waals surface area contributed by atoms with Crippen molar-refractivity contribution in [1.82, 2.24) is 5.32 Å². The number of nitrogens with two attached hydrogens (primary N) is 1. The molecule has 1 rings (SSSR count). The first-order valence-electron chi connectivity index (χ1n) is 4.95. The average Bonchev–Trinajstić information content (AvgIpc) is 2.25. The van der Waals surface area contributed by atoms with Gasteiger partial charge in [0.05, 0.1) is 20.6 Å². The Morgan fingerprint density at radius 1 is 1.47 bits per heavy atom. The van der Waals surface area contributed by atoms with E-state index in [4.69, 9.17) is 41.2 Å². The van der Waals surface area contributed by atoms with Crippen LogP contribution in [0, 0.1) is 5.92 Å². The van der Waals surface area contributed by atoms with Crippen LogP contribution in [0.5, 0.6) is 0 Å². The van der Waals surface area contributed by atoms with Crippen molar-refractivity contribution < 1.29 is 4.79 Å². The van der Waals surface area contributed by atoms with Gasteiger partial charge in [0.25, 0.3) is 5.91 Å². The van der Waals surface area contributed by atoms with E-state index in [0.29, 0.717) is 21.6 Å². The zero-order valence-electron chi connectivity index (χ0n) is 9.17. The van der Waals surface area contributed by atoms with Crippen LogP contribution in [0.2, 0.25) is 10.0 Å². The van der Waals surface area contributed by atoms with E-state index in [1.165, 1.54) is 0 Å². The first kappa shape index (κ1) is 14.2. The summed E-state index contributed by atoms with van der Waals surface area (Å²) >= 11 is 16.6. The molecule has 3 N–H and O–H groups in total. The second kappa shape index (κ2) is 6.19. The molecule has 92 valence electrons. The van der Waals surface area contributed by atoms with E-state index in [2.05, 4.69) is 5.32 Å². The molecule has 0 spiro atoms. The van der Waals surface area contributed by atoms with Gasteiger partial charge in [-0.2, -0.15) is 0 Å². The lowest BCUT2D eigenvalue weighted by molar-refractivity contribution is 0.0951. The molecule has 0 aliphatic carbocycles. The molecule has 1 amide bonds. The number of amides is 1. The van der Waals surface area contributed by atoms with Crippen molar-refractivity contribution in [2.24, 2.45) is 11.7 Å². The van der Waals surface area contributed by atoms with E-state index in [-0.39, 0.29) is 17.4 Å². The molecule has 0 saturated heterocycles. The van der Waals surface area contributed by atoms with Crippen LogP contribution in [0.4, 0.5) is 0 Å². The Morgan fingerprint density at radius 2 is 2.00 bits per heavy atom. The highest BCUT2D eigenvalue weighted by molar-refractivity contribution is 7.80. The van der Waals surface area contributed by atoms with Gasteiger partial charge >= 0.3 is 0 Å². The number of carbonyl (C=O) groups excluding carboxylic acids is 1. The molecule has 0 heterocycles. The van der Waals surface area contributed by atoms with Crippen LogP contribution >= 0.6 is 35.4 Å². The van der Waals surface area contributed by atoms with Crippen LogP contribution in [0.3, 0.4) is 0 Å². The molecular formula is C11H12Cl2N2OS. The molecule has 0 radical (unpaired) electrons. The Morgan fingerprint density at radius 3 is 2.47 bits per heavy atom. The maximum atomic E-state index is 11.8. The molecule has 1 aromatic rings. The SMILES string of the molecule is CC(CNC(=O)c1c(Cl)cccc1Cl)C(N)=S. The normalized spacial score (nSPS) is 11.9. The van der Waals surface area contributed by atoms with E-state index < -0.39 is 0 Å². The first-order chi connectivity index (χ1) is 7.93. The monoisotopic (exact) mass is 290 g/mol. The third-order valence-electron chi connectivity index (χ3n) is 2.24. The molecule has 0 aliphatic heterocycles. The highest BCUT2D eigenvalue weighted by Gasteiger charge is 2.15. The molecule has 3 nitrogen and oxygen atoms in total. The summed E-state index contributed by atoms with van der Waals surface area (Å²) < 4.78 is 0. The summed E-state index contributed by atoms with van der Waals surface area (Å²) in [6, 6.07) is 4.90. The maximum absolute atomic E-state index is 11.8. The minimum atomic E-state index is -0.330. The standard InChI is InChI=1S/C11H12Cl2N2OS/c1-6(10(14)17)5-15-11(16)9-7(12)3-2-4-8(9)13/h2-4,6H,5H2,1H3,(H2,14,17)(H,15,16). The Bertz CT molecular complexity index is 431. The van der Waals surface area contributed by atoms with E-state index in [1.54, 1.807) is 18.2 Å². The van der Waals surface area contributed by atoms with Crippen molar-refractivity contribution in [3.63, 3.8) is 0 Å². The minimum Gasteiger partial charge on any atom is -0.393 e. The molecule has 6 heteroatoms. The first-order valence-corrected chi connectivity index (χ1v) is 6.11. The van der Waals surface area contributed by atoms with Crippen LogP contribution in [-0.4, -0.2) is 17.4 Å². The van der Waals surface area contributed by atoms with Gasteiger partial charge in [-0.3, -0.25) is 4.79 Å². The van der Waals surface area contributed by atoms with Gasteiger partial charge in [0, 0.05) is 12.5 Å². The quantitative estimate of drug-likeness (QED) is 0.838. The summed E-state index contributed by atoms with van der Waals surface area (Å²) in [5, 5.41) is 3.32. The number of hydrogen-bond acceptors (Lipinski definition) is 2. The van der Waals surface area contributed by atoms with Crippen molar-refractivity contribution in [2.75, 3.05) is 6.54 Å². The molecule has 0 fully saturated rings. The van der Waals surface area contributed by atoms with Crippen molar-refractivity contribution in [1.29, 1.82) is 0 Å². The molecule has 1 unspecified atom stereocenters. The summed E-state index contributed by atoms with van der Waals surface area (Å²) in [5.41, 5.74) is 5.72. The lowest BCUT2D eigenvalue weighted by atomic mass is 10.1. The molecule has 1 aromatic carbocycles. The predicted octanol–water partition coefficient (Wildman–Crippen LogP) is 2.65. The van der Waals surface area contributed by atoms with Crippen LogP contribution in [0.25, 0.3) is 0 Å². The molecule has 0 aromatic heterocycles. The van der Waals surface area contributed by atoms with Gasteiger partial charge in [-0.05, 0) is 12.1 Å². The lowest BCUT2D eigenvalue weighted by Gasteiger charge is -2.12. The van der Waals surface area contributed by atoms with Crippen LogP contribution in [0.15, 0.2) is 18.2 Å². The van der Waals surface area contributed by atoms with E-state index in [0.717, 1.165) is 0 Å². The van der Waals surface area contributed by atoms with Crippen LogP contribution in [-0.2, 0) is 0 Å². The Labute approximate surface area is 115 Å². The average molecular weight is 291 g/mol. The molecule has 1 atom stereocenters. The molecule has 0 saturated carbocycles. The molecule has 17 heavy (non-hydrogen) atoms. The number of rotatable bonds is 4. The van der Waals surface area contributed by atoms with Crippen molar-refractivity contribution in [2.45, 2.75) is 6.92 Å². The van der Waals surface area contributed by atoms with E-state index in [1.807, 2.05) is 6.92 Å². The summed E-state index contributed by atoms with van der Waals surface area (Å²) in [6.07, 6.45) is 0. The highest BCUT2D eigenvalue weighted by Crippen LogP contribution is 2.23. The van der Waals surface area contributed by atoms with Gasteiger partial charge < -0.3 is 11.1 Å². The largest absolute Gasteiger partial charge is 0.393 e.